The fourth-order valence-electron chi connectivity index (χ4n) is 2.45. The number of halogens is 2. The first kappa shape index (κ1) is 17.3. The van der Waals surface area contributed by atoms with E-state index < -0.39 is 0 Å². The third-order valence-electron chi connectivity index (χ3n) is 3.78. The highest BCUT2D eigenvalue weighted by Crippen LogP contribution is 2.24. The van der Waals surface area contributed by atoms with Gasteiger partial charge in [-0.2, -0.15) is 0 Å². The molecule has 1 fully saturated rings. The Morgan fingerprint density at radius 1 is 1.50 bits per heavy atom. The van der Waals surface area contributed by atoms with E-state index in [-0.39, 0.29) is 23.7 Å². The van der Waals surface area contributed by atoms with E-state index in [2.05, 4.69) is 17.6 Å². The molecule has 1 amide bonds. The summed E-state index contributed by atoms with van der Waals surface area (Å²) in [6.45, 7) is 6.88. The molecule has 1 aromatic carbocycles. The normalized spacial score (nSPS) is 21.9. The Labute approximate surface area is 131 Å². The van der Waals surface area contributed by atoms with Crippen LogP contribution >= 0.6 is 24.0 Å². The van der Waals surface area contributed by atoms with Crippen LogP contribution in [0.15, 0.2) is 18.2 Å². The lowest BCUT2D eigenvalue weighted by atomic mass is 9.83. The average molecular weight is 317 g/mol. The lowest BCUT2D eigenvalue weighted by Gasteiger charge is -2.34. The van der Waals surface area contributed by atoms with E-state index in [0.717, 1.165) is 25.1 Å². The van der Waals surface area contributed by atoms with Crippen molar-refractivity contribution in [1.82, 2.24) is 10.6 Å². The lowest BCUT2D eigenvalue weighted by Crippen LogP contribution is -2.45. The van der Waals surface area contributed by atoms with Crippen molar-refractivity contribution < 1.29 is 4.79 Å². The molecule has 0 saturated carbocycles. The van der Waals surface area contributed by atoms with Gasteiger partial charge in [0.05, 0.1) is 0 Å². The van der Waals surface area contributed by atoms with Crippen molar-refractivity contribution in [3.05, 3.63) is 34.3 Å². The smallest absolute Gasteiger partial charge is 0.251 e. The third-order valence-corrected chi connectivity index (χ3v) is 4.21. The Kier molecular flexibility index (Phi) is 6.31. The van der Waals surface area contributed by atoms with Crippen LogP contribution in [0.5, 0.6) is 0 Å². The number of piperidine rings is 1. The molecular formula is C15H22Cl2N2O. The molecule has 3 nitrogen and oxygen atoms in total. The van der Waals surface area contributed by atoms with Gasteiger partial charge < -0.3 is 10.6 Å². The zero-order valence-electron chi connectivity index (χ0n) is 12.0. The van der Waals surface area contributed by atoms with Crippen LogP contribution in [-0.4, -0.2) is 25.5 Å². The summed E-state index contributed by atoms with van der Waals surface area (Å²) in [6.07, 6.45) is 2.33. The quantitative estimate of drug-likeness (QED) is 0.899. The number of amides is 1. The molecule has 2 N–H and O–H groups in total. The number of aryl methyl sites for hydroxylation is 1. The minimum atomic E-state index is -0.0217. The first-order valence-electron chi connectivity index (χ1n) is 6.75. The second kappa shape index (κ2) is 7.30. The number of nitrogens with one attached hydrogen (secondary N) is 2. The van der Waals surface area contributed by atoms with E-state index in [9.17, 15) is 4.79 Å². The summed E-state index contributed by atoms with van der Waals surface area (Å²) in [5.74, 6) is -0.0217. The average Bonchev–Trinajstić information content (AvgIpc) is 2.40. The fourth-order valence-corrected chi connectivity index (χ4v) is 2.57. The molecule has 0 radical (unpaired) electrons. The van der Waals surface area contributed by atoms with Gasteiger partial charge in [0.25, 0.3) is 5.91 Å². The molecular weight excluding hydrogens is 295 g/mol. The maximum atomic E-state index is 12.1. The second-order valence-electron chi connectivity index (χ2n) is 5.74. The SMILES string of the molecule is Cc1cc(C(=O)NCC2(C)CCCNC2)ccc1Cl.Cl. The van der Waals surface area contributed by atoms with Crippen molar-refractivity contribution in [1.29, 1.82) is 0 Å². The van der Waals surface area contributed by atoms with Crippen molar-refractivity contribution in [2.75, 3.05) is 19.6 Å². The highest BCUT2D eigenvalue weighted by molar-refractivity contribution is 6.31. The number of rotatable bonds is 3. The Balaban J connectivity index is 0.00000200. The minimum absolute atomic E-state index is 0. The zero-order chi connectivity index (χ0) is 13.9. The van der Waals surface area contributed by atoms with Crippen LogP contribution in [0.2, 0.25) is 5.02 Å². The van der Waals surface area contributed by atoms with Crippen molar-refractivity contribution in [2.45, 2.75) is 26.7 Å². The van der Waals surface area contributed by atoms with Gasteiger partial charge >= 0.3 is 0 Å². The fraction of sp³-hybridized carbons (Fsp3) is 0.533. The van der Waals surface area contributed by atoms with Gasteiger partial charge in [0.2, 0.25) is 0 Å². The van der Waals surface area contributed by atoms with Crippen LogP contribution < -0.4 is 10.6 Å². The maximum Gasteiger partial charge on any atom is 0.251 e. The summed E-state index contributed by atoms with van der Waals surface area (Å²) in [5, 5.41) is 7.11. The van der Waals surface area contributed by atoms with Gasteiger partial charge in [-0.3, -0.25) is 4.79 Å². The summed E-state index contributed by atoms with van der Waals surface area (Å²) in [4.78, 5) is 12.1. The Hall–Kier alpha value is -0.770. The molecule has 0 aromatic heterocycles. The Bertz CT molecular complexity index is 471. The van der Waals surface area contributed by atoms with Crippen molar-refractivity contribution in [2.24, 2.45) is 5.41 Å². The number of hydrogen-bond donors (Lipinski definition) is 2. The van der Waals surface area contributed by atoms with Gasteiger partial charge in [-0.1, -0.05) is 18.5 Å². The van der Waals surface area contributed by atoms with Gasteiger partial charge in [0, 0.05) is 23.7 Å². The maximum absolute atomic E-state index is 12.1. The standard InChI is InChI=1S/C15H21ClN2O.ClH/c1-11-8-12(4-5-13(11)16)14(19)18-10-15(2)6-3-7-17-9-15;/h4-5,8,17H,3,6-7,9-10H2,1-2H3,(H,18,19);1H. The molecule has 1 aliphatic heterocycles. The van der Waals surface area contributed by atoms with E-state index in [0.29, 0.717) is 17.1 Å². The van der Waals surface area contributed by atoms with Crippen molar-refractivity contribution in [3.8, 4) is 0 Å². The summed E-state index contributed by atoms with van der Waals surface area (Å²) in [5.41, 5.74) is 1.77. The number of hydrogen-bond acceptors (Lipinski definition) is 2. The highest BCUT2D eigenvalue weighted by Gasteiger charge is 2.27. The number of carbonyl (C=O) groups excluding carboxylic acids is 1. The van der Waals surface area contributed by atoms with Crippen LogP contribution in [0, 0.1) is 12.3 Å². The van der Waals surface area contributed by atoms with E-state index in [1.807, 2.05) is 13.0 Å². The molecule has 2 rings (SSSR count). The van der Waals surface area contributed by atoms with E-state index in [1.165, 1.54) is 6.42 Å². The van der Waals surface area contributed by atoms with Crippen LogP contribution in [0.1, 0.15) is 35.7 Å². The zero-order valence-corrected chi connectivity index (χ0v) is 13.5. The number of carbonyl (C=O) groups is 1. The second-order valence-corrected chi connectivity index (χ2v) is 6.14. The first-order chi connectivity index (χ1) is 9.00. The van der Waals surface area contributed by atoms with Crippen LogP contribution in [-0.2, 0) is 0 Å². The molecule has 112 valence electrons. The summed E-state index contributed by atoms with van der Waals surface area (Å²) in [7, 11) is 0. The third kappa shape index (κ3) is 4.37. The highest BCUT2D eigenvalue weighted by atomic mass is 35.5. The molecule has 0 spiro atoms. The molecule has 1 atom stereocenters. The predicted octanol–water partition coefficient (Wildman–Crippen LogP) is 3.19. The van der Waals surface area contributed by atoms with E-state index in [4.69, 9.17) is 11.6 Å². The molecule has 1 aliphatic rings. The Morgan fingerprint density at radius 3 is 2.85 bits per heavy atom. The molecule has 1 saturated heterocycles. The molecule has 0 bridgehead atoms. The molecule has 1 aromatic rings. The van der Waals surface area contributed by atoms with Crippen molar-refractivity contribution in [3.63, 3.8) is 0 Å². The van der Waals surface area contributed by atoms with Crippen molar-refractivity contribution >= 4 is 29.9 Å². The van der Waals surface area contributed by atoms with Gasteiger partial charge in [0.15, 0.2) is 0 Å². The van der Waals surface area contributed by atoms with E-state index in [1.54, 1.807) is 12.1 Å². The van der Waals surface area contributed by atoms with Gasteiger partial charge in [-0.05, 0) is 55.5 Å². The minimum Gasteiger partial charge on any atom is -0.351 e. The van der Waals surface area contributed by atoms with E-state index >= 15 is 0 Å². The first-order valence-corrected chi connectivity index (χ1v) is 7.13. The topological polar surface area (TPSA) is 41.1 Å². The summed E-state index contributed by atoms with van der Waals surface area (Å²) >= 11 is 5.97. The van der Waals surface area contributed by atoms with Gasteiger partial charge in [-0.25, -0.2) is 0 Å². The largest absolute Gasteiger partial charge is 0.351 e. The molecule has 1 unspecified atom stereocenters. The lowest BCUT2D eigenvalue weighted by molar-refractivity contribution is 0.0924. The van der Waals surface area contributed by atoms with Gasteiger partial charge in [-0.15, -0.1) is 12.4 Å². The van der Waals surface area contributed by atoms with Crippen LogP contribution in [0.25, 0.3) is 0 Å². The summed E-state index contributed by atoms with van der Waals surface area (Å²) < 4.78 is 0. The summed E-state index contributed by atoms with van der Waals surface area (Å²) in [6, 6.07) is 5.38. The predicted molar refractivity (Wildman–Crippen MR) is 86.0 cm³/mol. The molecule has 20 heavy (non-hydrogen) atoms. The Morgan fingerprint density at radius 2 is 2.25 bits per heavy atom. The number of benzene rings is 1. The monoisotopic (exact) mass is 316 g/mol. The molecule has 5 heteroatoms. The van der Waals surface area contributed by atoms with Crippen LogP contribution in [0.3, 0.4) is 0 Å². The van der Waals surface area contributed by atoms with Crippen LogP contribution in [0.4, 0.5) is 0 Å². The molecule has 1 heterocycles. The van der Waals surface area contributed by atoms with Gasteiger partial charge in [0.1, 0.15) is 0 Å². The molecule has 0 aliphatic carbocycles.